The topological polar surface area (TPSA) is 80.9 Å². The molecule has 0 atom stereocenters. The molecule has 0 aliphatic heterocycles. The van der Waals surface area contributed by atoms with E-state index >= 15 is 0 Å². The summed E-state index contributed by atoms with van der Waals surface area (Å²) in [5, 5.41) is 4.04. The first-order valence-electron chi connectivity index (χ1n) is 6.18. The van der Waals surface area contributed by atoms with Crippen molar-refractivity contribution in [2.24, 2.45) is 5.73 Å². The van der Waals surface area contributed by atoms with Crippen LogP contribution in [-0.2, 0) is 11.2 Å². The van der Waals surface area contributed by atoms with E-state index in [9.17, 15) is 4.79 Å². The van der Waals surface area contributed by atoms with Crippen molar-refractivity contribution in [2.75, 3.05) is 17.6 Å². The molecule has 0 saturated carbocycles. The fraction of sp³-hybridized carbons (Fsp3) is 0.583. The number of nitrogens with two attached hydrogens (primary N) is 1. The highest BCUT2D eigenvalue weighted by molar-refractivity contribution is 7.99. The Morgan fingerprint density at radius 1 is 1.39 bits per heavy atom. The second kappa shape index (κ2) is 7.92. The number of nitrogens with one attached hydrogen (secondary N) is 1. The average molecular weight is 268 g/mol. The number of hydrogen-bond acceptors (Lipinski definition) is 5. The van der Waals surface area contributed by atoms with Crippen molar-refractivity contribution < 1.29 is 4.79 Å². The van der Waals surface area contributed by atoms with Gasteiger partial charge in [-0.1, -0.05) is 25.6 Å². The maximum atomic E-state index is 10.8. The van der Waals surface area contributed by atoms with Crippen molar-refractivity contribution >= 4 is 23.5 Å². The SMILES string of the molecule is CCCNc1cc(SCC(N)=O)nc(CCC)n1. The standard InChI is InChI=1S/C12H20N4OS/c1-3-5-10-15-11(14-6-4-2)7-12(16-10)18-8-9(13)17/h7H,3-6,8H2,1-2H3,(H2,13,17)(H,14,15,16). The number of hydrogen-bond donors (Lipinski definition) is 2. The zero-order chi connectivity index (χ0) is 13.4. The van der Waals surface area contributed by atoms with Crippen LogP contribution in [0.5, 0.6) is 0 Å². The molecule has 1 heterocycles. The molecule has 0 aliphatic rings. The Morgan fingerprint density at radius 2 is 2.17 bits per heavy atom. The van der Waals surface area contributed by atoms with E-state index < -0.39 is 0 Å². The van der Waals surface area contributed by atoms with Crippen LogP contribution in [0.15, 0.2) is 11.1 Å². The molecule has 0 spiro atoms. The third-order valence-corrected chi connectivity index (χ3v) is 3.07. The van der Waals surface area contributed by atoms with Crippen molar-refractivity contribution in [1.29, 1.82) is 0 Å². The predicted octanol–water partition coefficient (Wildman–Crippen LogP) is 1.83. The lowest BCUT2D eigenvalue weighted by Gasteiger charge is -2.08. The molecule has 0 aliphatic carbocycles. The highest BCUT2D eigenvalue weighted by Gasteiger charge is 2.06. The number of carbonyl (C=O) groups excluding carboxylic acids is 1. The van der Waals surface area contributed by atoms with Crippen molar-refractivity contribution in [3.63, 3.8) is 0 Å². The number of carbonyl (C=O) groups is 1. The van der Waals surface area contributed by atoms with Gasteiger partial charge in [0.15, 0.2) is 0 Å². The molecule has 0 unspecified atom stereocenters. The summed E-state index contributed by atoms with van der Waals surface area (Å²) in [6, 6.07) is 1.86. The molecule has 100 valence electrons. The van der Waals surface area contributed by atoms with Crippen molar-refractivity contribution in [2.45, 2.75) is 38.1 Å². The van der Waals surface area contributed by atoms with Gasteiger partial charge in [-0.3, -0.25) is 4.79 Å². The smallest absolute Gasteiger partial charge is 0.227 e. The van der Waals surface area contributed by atoms with Crippen LogP contribution in [-0.4, -0.2) is 28.2 Å². The van der Waals surface area contributed by atoms with Crippen LogP contribution >= 0.6 is 11.8 Å². The van der Waals surface area contributed by atoms with Gasteiger partial charge >= 0.3 is 0 Å². The Kier molecular flexibility index (Phi) is 6.49. The van der Waals surface area contributed by atoms with Crippen LogP contribution in [0.25, 0.3) is 0 Å². The summed E-state index contributed by atoms with van der Waals surface area (Å²) in [5.41, 5.74) is 5.14. The molecule has 1 rings (SSSR count). The van der Waals surface area contributed by atoms with E-state index in [4.69, 9.17) is 5.73 Å². The van der Waals surface area contributed by atoms with Gasteiger partial charge in [-0.05, 0) is 12.8 Å². The van der Waals surface area contributed by atoms with E-state index in [2.05, 4.69) is 29.1 Å². The molecule has 1 amide bonds. The molecule has 6 heteroatoms. The van der Waals surface area contributed by atoms with E-state index in [-0.39, 0.29) is 11.7 Å². The lowest BCUT2D eigenvalue weighted by molar-refractivity contribution is -0.115. The first kappa shape index (κ1) is 14.8. The lowest BCUT2D eigenvalue weighted by atomic mass is 10.3. The Bertz CT molecular complexity index is 398. The summed E-state index contributed by atoms with van der Waals surface area (Å²) < 4.78 is 0. The average Bonchev–Trinajstić information content (AvgIpc) is 2.34. The zero-order valence-electron chi connectivity index (χ0n) is 10.9. The molecular formula is C12H20N4OS. The summed E-state index contributed by atoms with van der Waals surface area (Å²) in [5.74, 6) is 1.54. The summed E-state index contributed by atoms with van der Waals surface area (Å²) in [4.78, 5) is 19.6. The minimum atomic E-state index is -0.335. The second-order valence-corrected chi connectivity index (χ2v) is 4.94. The fourth-order valence-electron chi connectivity index (χ4n) is 1.37. The Hall–Kier alpha value is -1.30. The van der Waals surface area contributed by atoms with Crippen LogP contribution in [0.1, 0.15) is 32.5 Å². The van der Waals surface area contributed by atoms with Crippen LogP contribution in [0.2, 0.25) is 0 Å². The van der Waals surface area contributed by atoms with Gasteiger partial charge in [0.05, 0.1) is 5.75 Å². The minimum Gasteiger partial charge on any atom is -0.370 e. The molecule has 0 fully saturated rings. The Balaban J connectivity index is 2.79. The quantitative estimate of drug-likeness (QED) is 0.555. The molecule has 0 aromatic carbocycles. The number of rotatable bonds is 8. The lowest BCUT2D eigenvalue weighted by Crippen LogP contribution is -2.13. The van der Waals surface area contributed by atoms with Gasteiger partial charge in [-0.25, -0.2) is 9.97 Å². The number of thioether (sulfide) groups is 1. The van der Waals surface area contributed by atoms with Gasteiger partial charge in [0, 0.05) is 19.0 Å². The number of aryl methyl sites for hydroxylation is 1. The van der Waals surface area contributed by atoms with Gasteiger partial charge in [-0.2, -0.15) is 0 Å². The van der Waals surface area contributed by atoms with Gasteiger partial charge in [0.2, 0.25) is 5.91 Å². The summed E-state index contributed by atoms with van der Waals surface area (Å²) in [6.07, 6.45) is 2.87. The first-order valence-corrected chi connectivity index (χ1v) is 7.17. The molecule has 0 bridgehead atoms. The first-order chi connectivity index (χ1) is 8.65. The highest BCUT2D eigenvalue weighted by Crippen LogP contribution is 2.19. The van der Waals surface area contributed by atoms with Crippen LogP contribution in [0.4, 0.5) is 5.82 Å². The fourth-order valence-corrected chi connectivity index (χ4v) is 2.03. The predicted molar refractivity (Wildman–Crippen MR) is 74.7 cm³/mol. The Morgan fingerprint density at radius 3 is 2.78 bits per heavy atom. The largest absolute Gasteiger partial charge is 0.370 e. The monoisotopic (exact) mass is 268 g/mol. The normalized spacial score (nSPS) is 10.3. The van der Waals surface area contributed by atoms with E-state index in [0.717, 1.165) is 42.5 Å². The van der Waals surface area contributed by atoms with Crippen LogP contribution in [0.3, 0.4) is 0 Å². The van der Waals surface area contributed by atoms with Gasteiger partial charge in [-0.15, -0.1) is 0 Å². The third kappa shape index (κ3) is 5.35. The molecule has 0 radical (unpaired) electrons. The van der Waals surface area contributed by atoms with E-state index in [0.29, 0.717) is 0 Å². The van der Waals surface area contributed by atoms with Gasteiger partial charge < -0.3 is 11.1 Å². The summed E-state index contributed by atoms with van der Waals surface area (Å²) in [7, 11) is 0. The molecule has 0 saturated heterocycles. The Labute approximate surface area is 112 Å². The summed E-state index contributed by atoms with van der Waals surface area (Å²) in [6.45, 7) is 5.07. The number of nitrogens with zero attached hydrogens (tertiary/aromatic N) is 2. The third-order valence-electron chi connectivity index (χ3n) is 2.14. The number of aromatic nitrogens is 2. The number of anilines is 1. The summed E-state index contributed by atoms with van der Waals surface area (Å²) >= 11 is 1.35. The molecule has 3 N–H and O–H groups in total. The van der Waals surface area contributed by atoms with Crippen molar-refractivity contribution in [1.82, 2.24) is 9.97 Å². The zero-order valence-corrected chi connectivity index (χ0v) is 11.7. The van der Waals surface area contributed by atoms with E-state index in [1.807, 2.05) is 6.07 Å². The van der Waals surface area contributed by atoms with Crippen LogP contribution < -0.4 is 11.1 Å². The van der Waals surface area contributed by atoms with Gasteiger partial charge in [0.1, 0.15) is 16.7 Å². The molecule has 5 nitrogen and oxygen atoms in total. The molecular weight excluding hydrogens is 248 g/mol. The van der Waals surface area contributed by atoms with E-state index in [1.165, 1.54) is 11.8 Å². The van der Waals surface area contributed by atoms with E-state index in [1.54, 1.807) is 0 Å². The van der Waals surface area contributed by atoms with Crippen molar-refractivity contribution in [3.05, 3.63) is 11.9 Å². The second-order valence-electron chi connectivity index (χ2n) is 3.94. The molecule has 1 aromatic heterocycles. The number of primary amides is 1. The molecule has 1 aromatic rings. The maximum Gasteiger partial charge on any atom is 0.227 e. The van der Waals surface area contributed by atoms with Crippen molar-refractivity contribution in [3.8, 4) is 0 Å². The number of amides is 1. The minimum absolute atomic E-state index is 0.246. The molecule has 18 heavy (non-hydrogen) atoms. The maximum absolute atomic E-state index is 10.8. The highest BCUT2D eigenvalue weighted by atomic mass is 32.2. The van der Waals surface area contributed by atoms with Gasteiger partial charge in [0.25, 0.3) is 0 Å². The van der Waals surface area contributed by atoms with Crippen LogP contribution in [0, 0.1) is 0 Å².